The minimum absolute atomic E-state index is 0.158. The zero-order chi connectivity index (χ0) is 20.6. The lowest BCUT2D eigenvalue weighted by atomic mass is 9.64. The van der Waals surface area contributed by atoms with E-state index >= 15 is 0 Å². The van der Waals surface area contributed by atoms with Gasteiger partial charge in [0, 0.05) is 38.7 Å². The zero-order valence-electron chi connectivity index (χ0n) is 16.8. The van der Waals surface area contributed by atoms with Crippen LogP contribution in [0.15, 0.2) is 49.1 Å². The Labute approximate surface area is 166 Å². The van der Waals surface area contributed by atoms with E-state index < -0.39 is 5.41 Å². The minimum atomic E-state index is -0.873. The Morgan fingerprint density at radius 1 is 1.29 bits per heavy atom. The Morgan fingerprint density at radius 3 is 2.57 bits per heavy atom. The van der Waals surface area contributed by atoms with Gasteiger partial charge in [-0.2, -0.15) is 0 Å². The van der Waals surface area contributed by atoms with E-state index in [0.29, 0.717) is 37.3 Å². The van der Waals surface area contributed by atoms with E-state index in [1.165, 1.54) is 6.92 Å². The quantitative estimate of drug-likeness (QED) is 0.516. The van der Waals surface area contributed by atoms with Gasteiger partial charge in [0.15, 0.2) is 0 Å². The molecule has 1 aromatic carbocycles. The van der Waals surface area contributed by atoms with Crippen LogP contribution >= 0.6 is 0 Å². The van der Waals surface area contributed by atoms with Gasteiger partial charge in [-0.3, -0.25) is 9.59 Å². The van der Waals surface area contributed by atoms with Gasteiger partial charge in [0.1, 0.15) is 11.9 Å². The zero-order valence-corrected chi connectivity index (χ0v) is 16.8. The molecule has 1 aromatic rings. The van der Waals surface area contributed by atoms with Crippen LogP contribution in [-0.2, 0) is 19.1 Å². The van der Waals surface area contributed by atoms with Gasteiger partial charge in [-0.15, -0.1) is 6.58 Å². The Hall–Kier alpha value is -2.60. The average Bonchev–Trinajstić information content (AvgIpc) is 2.68. The Balaban J connectivity index is 2.36. The summed E-state index contributed by atoms with van der Waals surface area (Å²) in [4.78, 5) is 25.0. The summed E-state index contributed by atoms with van der Waals surface area (Å²) in [6.07, 6.45) is 6.81. The van der Waals surface area contributed by atoms with E-state index in [2.05, 4.69) is 11.9 Å². The number of amides is 1. The lowest BCUT2D eigenvalue weighted by Crippen LogP contribution is -2.49. The normalized spacial score (nSPS) is 23.7. The molecule has 0 bridgehead atoms. The molecule has 28 heavy (non-hydrogen) atoms. The van der Waals surface area contributed by atoms with E-state index in [1.807, 2.05) is 12.2 Å². The van der Waals surface area contributed by atoms with Crippen molar-refractivity contribution in [2.75, 3.05) is 26.1 Å². The number of hydrogen-bond acceptors (Lipinski definition) is 5. The van der Waals surface area contributed by atoms with E-state index in [4.69, 9.17) is 14.2 Å². The highest BCUT2D eigenvalue weighted by atomic mass is 16.5. The molecular formula is C22H29NO5. The molecule has 0 saturated heterocycles. The van der Waals surface area contributed by atoms with Crippen LogP contribution in [0.1, 0.15) is 26.2 Å². The summed E-state index contributed by atoms with van der Waals surface area (Å²) >= 11 is 0. The molecule has 3 atom stereocenters. The van der Waals surface area contributed by atoms with Crippen LogP contribution in [0, 0.1) is 11.3 Å². The van der Waals surface area contributed by atoms with E-state index in [-0.39, 0.29) is 23.9 Å². The van der Waals surface area contributed by atoms with Gasteiger partial charge in [-0.05, 0) is 37.1 Å². The smallest absolute Gasteiger partial charge is 0.302 e. The van der Waals surface area contributed by atoms with Crippen molar-refractivity contribution < 1.29 is 23.8 Å². The number of methoxy groups -OCH3 is 2. The fourth-order valence-electron chi connectivity index (χ4n) is 3.74. The Kier molecular flexibility index (Phi) is 7.81. The van der Waals surface area contributed by atoms with Gasteiger partial charge in [0.25, 0.3) is 0 Å². The molecule has 0 aromatic heterocycles. The first-order valence-electron chi connectivity index (χ1n) is 9.37. The van der Waals surface area contributed by atoms with Crippen LogP contribution in [-0.4, -0.2) is 38.8 Å². The van der Waals surface area contributed by atoms with Crippen LogP contribution in [0.2, 0.25) is 0 Å². The van der Waals surface area contributed by atoms with Crippen LogP contribution in [0.25, 0.3) is 0 Å². The molecule has 6 nitrogen and oxygen atoms in total. The Bertz CT molecular complexity index is 712. The highest BCUT2D eigenvalue weighted by molar-refractivity contribution is 5.97. The lowest BCUT2D eigenvalue weighted by molar-refractivity contribution is -0.154. The number of allylic oxidation sites excluding steroid dienone is 1. The number of anilines is 1. The first-order chi connectivity index (χ1) is 13.5. The number of carbonyl (C=O) groups is 2. The molecule has 6 heteroatoms. The molecule has 152 valence electrons. The topological polar surface area (TPSA) is 73.9 Å². The maximum absolute atomic E-state index is 13.4. The van der Waals surface area contributed by atoms with Crippen molar-refractivity contribution in [2.45, 2.75) is 32.3 Å². The molecule has 0 radical (unpaired) electrons. The molecule has 0 unspecified atom stereocenters. The second-order valence-corrected chi connectivity index (χ2v) is 6.88. The number of hydrogen-bond donors (Lipinski definition) is 1. The number of rotatable bonds is 9. The van der Waals surface area contributed by atoms with Gasteiger partial charge < -0.3 is 19.5 Å². The predicted molar refractivity (Wildman–Crippen MR) is 108 cm³/mol. The minimum Gasteiger partial charge on any atom is -0.497 e. The molecule has 0 heterocycles. The number of carbonyl (C=O) groups excluding carboxylic acids is 2. The lowest BCUT2D eigenvalue weighted by Gasteiger charge is -2.43. The third kappa shape index (κ3) is 5.01. The third-order valence-corrected chi connectivity index (χ3v) is 5.12. The second kappa shape index (κ2) is 10.1. The molecular weight excluding hydrogens is 358 g/mol. The standard InChI is InChI=1S/C22H29NO5/c1-5-7-19-20(28-16(2)24)8-6-13-22(19,14-15-26-3)21(25)23-17-9-11-18(27-4)12-10-17/h5-6,9-13,19-20H,1,7-8,14-15H2,2-4H3,(H,23,25)/t19-,20-,22-/m0/s1. The predicted octanol–water partition coefficient (Wildman–Crippen LogP) is 3.74. The number of ether oxygens (including phenoxy) is 3. The molecule has 1 amide bonds. The van der Waals surface area contributed by atoms with Crippen LogP contribution in [0.3, 0.4) is 0 Å². The summed E-state index contributed by atoms with van der Waals surface area (Å²) in [5.74, 6) is -0.0309. The number of esters is 1. The van der Waals surface area contributed by atoms with Crippen LogP contribution < -0.4 is 10.1 Å². The molecule has 0 saturated carbocycles. The third-order valence-electron chi connectivity index (χ3n) is 5.12. The average molecular weight is 387 g/mol. The monoisotopic (exact) mass is 387 g/mol. The first kappa shape index (κ1) is 21.7. The van der Waals surface area contributed by atoms with Gasteiger partial charge in [0.05, 0.1) is 12.5 Å². The summed E-state index contributed by atoms with van der Waals surface area (Å²) in [5.41, 5.74) is -0.203. The van der Waals surface area contributed by atoms with E-state index in [9.17, 15) is 9.59 Å². The second-order valence-electron chi connectivity index (χ2n) is 6.88. The Morgan fingerprint density at radius 2 is 2.00 bits per heavy atom. The van der Waals surface area contributed by atoms with E-state index in [1.54, 1.807) is 44.6 Å². The molecule has 0 spiro atoms. The first-order valence-corrected chi connectivity index (χ1v) is 9.37. The summed E-state index contributed by atoms with van der Waals surface area (Å²) < 4.78 is 16.0. The van der Waals surface area contributed by atoms with Crippen molar-refractivity contribution in [3.05, 3.63) is 49.1 Å². The van der Waals surface area contributed by atoms with Gasteiger partial charge in [-0.25, -0.2) is 0 Å². The van der Waals surface area contributed by atoms with Crippen molar-refractivity contribution in [1.82, 2.24) is 0 Å². The number of nitrogens with one attached hydrogen (secondary N) is 1. The summed E-state index contributed by atoms with van der Waals surface area (Å²) in [5, 5.41) is 3.00. The van der Waals surface area contributed by atoms with Crippen LogP contribution in [0.5, 0.6) is 5.75 Å². The number of benzene rings is 1. The van der Waals surface area contributed by atoms with Crippen molar-refractivity contribution >= 4 is 17.6 Å². The molecule has 1 N–H and O–H groups in total. The molecule has 2 rings (SSSR count). The van der Waals surface area contributed by atoms with Gasteiger partial charge in [-0.1, -0.05) is 18.2 Å². The fourth-order valence-corrected chi connectivity index (χ4v) is 3.74. The molecule has 0 aliphatic heterocycles. The largest absolute Gasteiger partial charge is 0.497 e. The highest BCUT2D eigenvalue weighted by Gasteiger charge is 2.49. The van der Waals surface area contributed by atoms with Gasteiger partial charge in [0.2, 0.25) is 5.91 Å². The highest BCUT2D eigenvalue weighted by Crippen LogP contribution is 2.44. The SMILES string of the molecule is C=CC[C@H]1[C@@H](OC(C)=O)CC=C[C@@]1(CCOC)C(=O)Nc1ccc(OC)cc1. The van der Waals surface area contributed by atoms with Crippen molar-refractivity contribution in [3.63, 3.8) is 0 Å². The van der Waals surface area contributed by atoms with Crippen molar-refractivity contribution in [3.8, 4) is 5.75 Å². The summed E-state index contributed by atoms with van der Waals surface area (Å²) in [6, 6.07) is 7.16. The maximum Gasteiger partial charge on any atom is 0.302 e. The fraction of sp³-hybridized carbons (Fsp3) is 0.455. The van der Waals surface area contributed by atoms with Crippen molar-refractivity contribution in [1.29, 1.82) is 0 Å². The molecule has 1 aliphatic rings. The van der Waals surface area contributed by atoms with Gasteiger partial charge >= 0.3 is 5.97 Å². The van der Waals surface area contributed by atoms with E-state index in [0.717, 1.165) is 0 Å². The summed E-state index contributed by atoms with van der Waals surface area (Å²) in [7, 11) is 3.20. The molecule has 0 fully saturated rings. The van der Waals surface area contributed by atoms with Crippen LogP contribution in [0.4, 0.5) is 5.69 Å². The maximum atomic E-state index is 13.4. The summed E-state index contributed by atoms with van der Waals surface area (Å²) in [6.45, 7) is 5.63. The molecule has 1 aliphatic carbocycles. The van der Waals surface area contributed by atoms with Crippen molar-refractivity contribution in [2.24, 2.45) is 11.3 Å².